The standard InChI is InChI=1S/C19H16F2N2O/c1-12-11-16(19(24)22-18-6-4-3-5-17(18)21)13(2)23(12)15-9-7-14(20)8-10-15/h3-11H,1-2H3,(H,22,24). The van der Waals surface area contributed by atoms with Crippen molar-refractivity contribution >= 4 is 11.6 Å². The molecule has 0 aliphatic carbocycles. The lowest BCUT2D eigenvalue weighted by molar-refractivity contribution is 0.102. The van der Waals surface area contributed by atoms with Gasteiger partial charge in [0.2, 0.25) is 0 Å². The number of aryl methyl sites for hydroxylation is 1. The monoisotopic (exact) mass is 326 g/mol. The number of aromatic nitrogens is 1. The summed E-state index contributed by atoms with van der Waals surface area (Å²) in [5, 5.41) is 2.58. The number of hydrogen-bond acceptors (Lipinski definition) is 1. The maximum absolute atomic E-state index is 13.7. The summed E-state index contributed by atoms with van der Waals surface area (Å²) in [6, 6.07) is 13.8. The molecule has 0 aliphatic heterocycles. The highest BCUT2D eigenvalue weighted by Crippen LogP contribution is 2.22. The zero-order valence-corrected chi connectivity index (χ0v) is 13.3. The van der Waals surface area contributed by atoms with Crippen LogP contribution in [0.5, 0.6) is 0 Å². The number of anilines is 1. The molecule has 3 aromatic rings. The van der Waals surface area contributed by atoms with Crippen LogP contribution in [-0.4, -0.2) is 10.5 Å². The Balaban J connectivity index is 1.95. The minimum Gasteiger partial charge on any atom is -0.319 e. The number of hydrogen-bond donors (Lipinski definition) is 1. The van der Waals surface area contributed by atoms with Crippen LogP contribution < -0.4 is 5.32 Å². The van der Waals surface area contributed by atoms with Gasteiger partial charge in [0.15, 0.2) is 0 Å². The Labute approximate surface area is 138 Å². The highest BCUT2D eigenvalue weighted by Gasteiger charge is 2.17. The van der Waals surface area contributed by atoms with E-state index in [9.17, 15) is 13.6 Å². The molecule has 1 aromatic heterocycles. The molecule has 2 aromatic carbocycles. The van der Waals surface area contributed by atoms with E-state index < -0.39 is 5.82 Å². The molecule has 5 heteroatoms. The Kier molecular flexibility index (Phi) is 4.16. The zero-order chi connectivity index (χ0) is 17.3. The molecule has 0 bridgehead atoms. The average molecular weight is 326 g/mol. The largest absolute Gasteiger partial charge is 0.319 e. The summed E-state index contributed by atoms with van der Waals surface area (Å²) in [5.41, 5.74) is 2.87. The first kappa shape index (κ1) is 15.9. The molecule has 0 radical (unpaired) electrons. The number of para-hydroxylation sites is 1. The molecule has 1 N–H and O–H groups in total. The molecule has 122 valence electrons. The summed E-state index contributed by atoms with van der Waals surface area (Å²) in [6.07, 6.45) is 0. The number of rotatable bonds is 3. The summed E-state index contributed by atoms with van der Waals surface area (Å²) in [6.45, 7) is 3.66. The first-order chi connectivity index (χ1) is 11.5. The second-order valence-corrected chi connectivity index (χ2v) is 5.53. The van der Waals surface area contributed by atoms with Crippen molar-refractivity contribution in [3.8, 4) is 5.69 Å². The van der Waals surface area contributed by atoms with E-state index in [4.69, 9.17) is 0 Å². The Bertz CT molecular complexity index is 898. The van der Waals surface area contributed by atoms with Gasteiger partial charge in [-0.2, -0.15) is 0 Å². The van der Waals surface area contributed by atoms with Crippen molar-refractivity contribution in [1.82, 2.24) is 4.57 Å². The summed E-state index contributed by atoms with van der Waals surface area (Å²) < 4.78 is 28.7. The molecule has 0 spiro atoms. The van der Waals surface area contributed by atoms with Gasteiger partial charge < -0.3 is 9.88 Å². The second-order valence-electron chi connectivity index (χ2n) is 5.53. The quantitative estimate of drug-likeness (QED) is 0.748. The van der Waals surface area contributed by atoms with Crippen LogP contribution in [0.3, 0.4) is 0 Å². The van der Waals surface area contributed by atoms with E-state index >= 15 is 0 Å². The van der Waals surface area contributed by atoms with Crippen molar-refractivity contribution in [2.24, 2.45) is 0 Å². The Morgan fingerprint density at radius 3 is 2.33 bits per heavy atom. The molecule has 0 atom stereocenters. The number of nitrogens with zero attached hydrogens (tertiary/aromatic N) is 1. The van der Waals surface area contributed by atoms with E-state index in [1.807, 2.05) is 11.5 Å². The Hall–Kier alpha value is -2.95. The van der Waals surface area contributed by atoms with E-state index in [1.54, 1.807) is 37.3 Å². The van der Waals surface area contributed by atoms with Gasteiger partial charge in [0.05, 0.1) is 11.3 Å². The van der Waals surface area contributed by atoms with Gasteiger partial charge in [0.1, 0.15) is 11.6 Å². The fraction of sp³-hybridized carbons (Fsp3) is 0.105. The van der Waals surface area contributed by atoms with Crippen LogP contribution in [0.15, 0.2) is 54.6 Å². The third-order valence-corrected chi connectivity index (χ3v) is 3.88. The molecule has 0 unspecified atom stereocenters. The van der Waals surface area contributed by atoms with Crippen LogP contribution >= 0.6 is 0 Å². The highest BCUT2D eigenvalue weighted by molar-refractivity contribution is 6.05. The maximum atomic E-state index is 13.7. The van der Waals surface area contributed by atoms with E-state index in [2.05, 4.69) is 5.32 Å². The van der Waals surface area contributed by atoms with Crippen LogP contribution in [-0.2, 0) is 0 Å². The van der Waals surface area contributed by atoms with E-state index in [0.29, 0.717) is 11.3 Å². The molecule has 0 saturated carbocycles. The van der Waals surface area contributed by atoms with Crippen molar-refractivity contribution in [3.63, 3.8) is 0 Å². The lowest BCUT2D eigenvalue weighted by Gasteiger charge is -2.10. The predicted molar refractivity (Wildman–Crippen MR) is 89.6 cm³/mol. The van der Waals surface area contributed by atoms with Crippen LogP contribution in [0.2, 0.25) is 0 Å². The molecule has 3 nitrogen and oxygen atoms in total. The topological polar surface area (TPSA) is 34.0 Å². The van der Waals surface area contributed by atoms with Gasteiger partial charge in [-0.1, -0.05) is 12.1 Å². The maximum Gasteiger partial charge on any atom is 0.257 e. The lowest BCUT2D eigenvalue weighted by Crippen LogP contribution is -2.14. The molecular formula is C19H16F2N2O. The van der Waals surface area contributed by atoms with E-state index in [-0.39, 0.29) is 17.4 Å². The van der Waals surface area contributed by atoms with E-state index in [1.165, 1.54) is 24.3 Å². The fourth-order valence-corrected chi connectivity index (χ4v) is 2.73. The minimum absolute atomic E-state index is 0.133. The van der Waals surface area contributed by atoms with Crippen LogP contribution in [0.4, 0.5) is 14.5 Å². The van der Waals surface area contributed by atoms with Gasteiger partial charge in [-0.15, -0.1) is 0 Å². The van der Waals surface area contributed by atoms with Gasteiger partial charge in [-0.3, -0.25) is 4.79 Å². The van der Waals surface area contributed by atoms with Crippen molar-refractivity contribution < 1.29 is 13.6 Å². The van der Waals surface area contributed by atoms with Crippen LogP contribution in [0.25, 0.3) is 5.69 Å². The first-order valence-electron chi connectivity index (χ1n) is 7.48. The minimum atomic E-state index is -0.488. The van der Waals surface area contributed by atoms with Crippen molar-refractivity contribution in [2.75, 3.05) is 5.32 Å². The van der Waals surface area contributed by atoms with Crippen molar-refractivity contribution in [3.05, 3.63) is 83.2 Å². The Morgan fingerprint density at radius 2 is 1.67 bits per heavy atom. The Morgan fingerprint density at radius 1 is 1.00 bits per heavy atom. The molecule has 0 saturated heterocycles. The summed E-state index contributed by atoms with van der Waals surface area (Å²) in [7, 11) is 0. The lowest BCUT2D eigenvalue weighted by atomic mass is 10.2. The van der Waals surface area contributed by atoms with Crippen molar-refractivity contribution in [2.45, 2.75) is 13.8 Å². The summed E-state index contributed by atoms with van der Waals surface area (Å²) >= 11 is 0. The summed E-state index contributed by atoms with van der Waals surface area (Å²) in [4.78, 5) is 12.5. The van der Waals surface area contributed by atoms with Gasteiger partial charge in [0, 0.05) is 17.1 Å². The number of halogens is 2. The highest BCUT2D eigenvalue weighted by atomic mass is 19.1. The van der Waals surface area contributed by atoms with Gasteiger partial charge in [-0.05, 0) is 56.3 Å². The number of carbonyl (C=O) groups is 1. The van der Waals surface area contributed by atoms with Gasteiger partial charge in [0.25, 0.3) is 5.91 Å². The fourth-order valence-electron chi connectivity index (χ4n) is 2.73. The number of carbonyl (C=O) groups excluding carboxylic acids is 1. The average Bonchev–Trinajstić information content (AvgIpc) is 2.85. The number of nitrogens with one attached hydrogen (secondary N) is 1. The SMILES string of the molecule is Cc1cc(C(=O)Nc2ccccc2F)c(C)n1-c1ccc(F)cc1. The van der Waals surface area contributed by atoms with Crippen LogP contribution in [0.1, 0.15) is 21.7 Å². The zero-order valence-electron chi connectivity index (χ0n) is 13.3. The molecule has 0 fully saturated rings. The number of benzene rings is 2. The van der Waals surface area contributed by atoms with Crippen LogP contribution in [0, 0.1) is 25.5 Å². The third-order valence-electron chi connectivity index (χ3n) is 3.88. The molecule has 24 heavy (non-hydrogen) atoms. The second kappa shape index (κ2) is 6.28. The predicted octanol–water partition coefficient (Wildman–Crippen LogP) is 4.62. The molecule has 1 heterocycles. The number of amides is 1. The van der Waals surface area contributed by atoms with Gasteiger partial charge in [-0.25, -0.2) is 8.78 Å². The third kappa shape index (κ3) is 2.93. The molecular weight excluding hydrogens is 310 g/mol. The molecule has 3 rings (SSSR count). The summed E-state index contributed by atoms with van der Waals surface area (Å²) in [5.74, 6) is -1.20. The van der Waals surface area contributed by atoms with Crippen molar-refractivity contribution in [1.29, 1.82) is 0 Å². The normalized spacial score (nSPS) is 10.7. The molecule has 0 aliphatic rings. The van der Waals surface area contributed by atoms with Gasteiger partial charge >= 0.3 is 0 Å². The van der Waals surface area contributed by atoms with E-state index in [0.717, 1.165) is 11.4 Å². The first-order valence-corrected chi connectivity index (χ1v) is 7.48. The smallest absolute Gasteiger partial charge is 0.257 e. The molecule has 1 amide bonds.